The average molecular weight is 426 g/mol. The molecule has 1 amide bonds. The second-order valence-corrected chi connectivity index (χ2v) is 8.66. The zero-order valence-electron chi connectivity index (χ0n) is 15.9. The highest BCUT2D eigenvalue weighted by molar-refractivity contribution is 7.83. The van der Waals surface area contributed by atoms with Crippen LogP contribution in [0.4, 0.5) is 5.69 Å². The first kappa shape index (κ1) is 19.8. The van der Waals surface area contributed by atoms with Gasteiger partial charge in [-0.3, -0.25) is 9.78 Å². The Morgan fingerprint density at radius 1 is 1.10 bits per heavy atom. The van der Waals surface area contributed by atoms with Crippen LogP contribution in [-0.2, 0) is 28.7 Å². The van der Waals surface area contributed by atoms with Crippen LogP contribution in [0.1, 0.15) is 17.5 Å². The molecule has 0 radical (unpaired) electrons. The molecule has 0 saturated carbocycles. The van der Waals surface area contributed by atoms with E-state index in [1.165, 1.54) is 0 Å². The predicted octanol–water partition coefficient (Wildman–Crippen LogP) is 4.12. The number of rotatable bonds is 5. The number of carbonyl (C=O) groups excluding carboxylic acids is 1. The molecule has 1 aliphatic rings. The summed E-state index contributed by atoms with van der Waals surface area (Å²) in [6, 6.07) is 15.1. The minimum atomic E-state index is -1.35. The van der Waals surface area contributed by atoms with E-state index in [0.717, 1.165) is 34.4 Å². The van der Waals surface area contributed by atoms with Gasteiger partial charge in [0.2, 0.25) is 5.91 Å². The van der Waals surface area contributed by atoms with Crippen molar-refractivity contribution < 1.29 is 9.00 Å². The number of aryl methyl sites for hydroxylation is 1. The molecular weight excluding hydrogens is 406 g/mol. The number of hydrogen-bond acceptors (Lipinski definition) is 3. The Morgan fingerprint density at radius 3 is 2.79 bits per heavy atom. The first-order valence-electron chi connectivity index (χ1n) is 9.26. The topological polar surface area (TPSA) is 62.3 Å². The van der Waals surface area contributed by atoms with Gasteiger partial charge in [-0.2, -0.15) is 0 Å². The van der Waals surface area contributed by atoms with Crippen molar-refractivity contribution in [2.45, 2.75) is 24.3 Å². The molecule has 0 bridgehead atoms. The number of pyridine rings is 1. The summed E-state index contributed by atoms with van der Waals surface area (Å²) in [7, 11) is 0.459. The van der Waals surface area contributed by atoms with Crippen molar-refractivity contribution in [3.63, 3.8) is 0 Å². The fourth-order valence-electron chi connectivity index (χ4n) is 3.39. The molecule has 1 N–H and O–H groups in total. The summed E-state index contributed by atoms with van der Waals surface area (Å²) in [6.07, 6.45) is 4.86. The third kappa shape index (κ3) is 4.40. The first-order chi connectivity index (χ1) is 14.0. The lowest BCUT2D eigenvalue weighted by atomic mass is 9.96. The molecular formula is C22H20ClN3O2S. The maximum atomic E-state index is 12.4. The van der Waals surface area contributed by atoms with E-state index in [2.05, 4.69) is 15.8 Å². The molecule has 0 saturated heterocycles. The minimum absolute atomic E-state index is 0.146. The standard InChI is InChI=1S/C22H20ClN3O2S/c1-26-21-7-5-16(10-17(21)6-8-22(26)27)18-9-15(12-24-14-18)13-25-29(28)20-4-2-3-19(23)11-20/h2-5,7,9-12,14,25H,6,8,13H2,1H3. The zero-order chi connectivity index (χ0) is 20.4. The van der Waals surface area contributed by atoms with Gasteiger partial charge in [0.25, 0.3) is 0 Å². The van der Waals surface area contributed by atoms with Gasteiger partial charge in [0.1, 0.15) is 11.0 Å². The molecule has 1 aromatic heterocycles. The SMILES string of the molecule is CN1C(=O)CCc2cc(-c3cncc(CNS(=O)c4cccc(Cl)c4)c3)ccc21. The van der Waals surface area contributed by atoms with Crippen LogP contribution in [0.15, 0.2) is 65.8 Å². The summed E-state index contributed by atoms with van der Waals surface area (Å²) < 4.78 is 15.4. The smallest absolute Gasteiger partial charge is 0.227 e. The number of amides is 1. The number of halogens is 1. The largest absolute Gasteiger partial charge is 0.315 e. The van der Waals surface area contributed by atoms with E-state index in [1.54, 1.807) is 35.4 Å². The van der Waals surface area contributed by atoms with Crippen molar-refractivity contribution in [3.05, 3.63) is 77.1 Å². The number of hydrogen-bond donors (Lipinski definition) is 1. The summed E-state index contributed by atoms with van der Waals surface area (Å²) in [5.41, 5.74) is 5.10. The molecule has 7 heteroatoms. The molecule has 5 nitrogen and oxygen atoms in total. The number of aromatic nitrogens is 1. The van der Waals surface area contributed by atoms with E-state index in [9.17, 15) is 9.00 Å². The molecule has 3 aromatic rings. The molecule has 2 heterocycles. The molecule has 0 spiro atoms. The molecule has 0 aliphatic carbocycles. The van der Waals surface area contributed by atoms with Gasteiger partial charge in [-0.1, -0.05) is 23.7 Å². The highest BCUT2D eigenvalue weighted by atomic mass is 35.5. The molecule has 1 unspecified atom stereocenters. The fourth-order valence-corrected chi connectivity index (χ4v) is 4.55. The lowest BCUT2D eigenvalue weighted by molar-refractivity contribution is -0.118. The predicted molar refractivity (Wildman–Crippen MR) is 116 cm³/mol. The van der Waals surface area contributed by atoms with Crippen LogP contribution in [0.5, 0.6) is 0 Å². The number of carbonyl (C=O) groups is 1. The molecule has 148 valence electrons. The Morgan fingerprint density at radius 2 is 1.97 bits per heavy atom. The van der Waals surface area contributed by atoms with E-state index in [0.29, 0.717) is 22.9 Å². The number of nitrogens with zero attached hydrogens (tertiary/aromatic N) is 2. The Bertz CT molecular complexity index is 1100. The lowest BCUT2D eigenvalue weighted by Crippen LogP contribution is -2.30. The lowest BCUT2D eigenvalue weighted by Gasteiger charge is -2.26. The second kappa shape index (κ2) is 8.45. The number of benzene rings is 2. The van der Waals surface area contributed by atoms with Crippen LogP contribution in [0.3, 0.4) is 0 Å². The summed E-state index contributed by atoms with van der Waals surface area (Å²) in [5.74, 6) is 0.146. The van der Waals surface area contributed by atoms with Crippen LogP contribution >= 0.6 is 11.6 Å². The van der Waals surface area contributed by atoms with Crippen LogP contribution in [0, 0.1) is 0 Å². The van der Waals surface area contributed by atoms with Gasteiger partial charge in [0.15, 0.2) is 0 Å². The highest BCUT2D eigenvalue weighted by Crippen LogP contribution is 2.31. The Balaban J connectivity index is 1.50. The molecule has 4 rings (SSSR count). The van der Waals surface area contributed by atoms with Crippen molar-refractivity contribution in [1.29, 1.82) is 0 Å². The zero-order valence-corrected chi connectivity index (χ0v) is 17.5. The first-order valence-corrected chi connectivity index (χ1v) is 10.8. The van der Waals surface area contributed by atoms with E-state index in [4.69, 9.17) is 11.6 Å². The van der Waals surface area contributed by atoms with Crippen LogP contribution in [-0.4, -0.2) is 22.1 Å². The minimum Gasteiger partial charge on any atom is -0.315 e. The highest BCUT2D eigenvalue weighted by Gasteiger charge is 2.21. The average Bonchev–Trinajstić information content (AvgIpc) is 2.74. The van der Waals surface area contributed by atoms with Gasteiger partial charge in [-0.05, 0) is 59.5 Å². The van der Waals surface area contributed by atoms with Crippen LogP contribution < -0.4 is 9.62 Å². The normalized spacial score (nSPS) is 14.6. The fraction of sp³-hybridized carbons (Fsp3) is 0.182. The van der Waals surface area contributed by atoms with Crippen molar-refractivity contribution >= 4 is 34.2 Å². The molecule has 1 atom stereocenters. The van der Waals surface area contributed by atoms with E-state index >= 15 is 0 Å². The monoisotopic (exact) mass is 425 g/mol. The molecule has 0 fully saturated rings. The second-order valence-electron chi connectivity index (χ2n) is 6.93. The van der Waals surface area contributed by atoms with Crippen LogP contribution in [0.25, 0.3) is 11.1 Å². The molecule has 1 aliphatic heterocycles. The van der Waals surface area contributed by atoms with Gasteiger partial charge >= 0.3 is 0 Å². The number of fused-ring (bicyclic) bond motifs is 1. The van der Waals surface area contributed by atoms with Crippen molar-refractivity contribution in [1.82, 2.24) is 9.71 Å². The van der Waals surface area contributed by atoms with E-state index in [1.807, 2.05) is 31.4 Å². The number of anilines is 1. The van der Waals surface area contributed by atoms with Gasteiger partial charge in [-0.25, -0.2) is 8.93 Å². The summed E-state index contributed by atoms with van der Waals surface area (Å²) in [5, 5.41) is 0.557. The third-order valence-corrected chi connectivity index (χ3v) is 6.29. The van der Waals surface area contributed by atoms with E-state index in [-0.39, 0.29) is 5.91 Å². The van der Waals surface area contributed by atoms with Gasteiger partial charge in [-0.15, -0.1) is 0 Å². The van der Waals surface area contributed by atoms with Gasteiger partial charge in [0.05, 0.1) is 4.90 Å². The summed E-state index contributed by atoms with van der Waals surface area (Å²) in [6.45, 7) is 0.419. The van der Waals surface area contributed by atoms with Crippen molar-refractivity contribution in [3.8, 4) is 11.1 Å². The Hall–Kier alpha value is -2.54. The Kier molecular flexibility index (Phi) is 5.76. The van der Waals surface area contributed by atoms with Gasteiger partial charge in [0, 0.05) is 48.7 Å². The Labute approximate surface area is 177 Å². The van der Waals surface area contributed by atoms with Crippen LogP contribution in [0.2, 0.25) is 5.02 Å². The summed E-state index contributed by atoms with van der Waals surface area (Å²) in [4.78, 5) is 18.6. The third-order valence-electron chi connectivity index (χ3n) is 4.97. The quantitative estimate of drug-likeness (QED) is 0.668. The van der Waals surface area contributed by atoms with E-state index < -0.39 is 11.0 Å². The van der Waals surface area contributed by atoms with Gasteiger partial charge < -0.3 is 4.90 Å². The van der Waals surface area contributed by atoms with Crippen molar-refractivity contribution in [2.24, 2.45) is 0 Å². The maximum absolute atomic E-state index is 12.4. The molecule has 2 aromatic carbocycles. The number of nitrogens with one attached hydrogen (secondary N) is 1. The van der Waals surface area contributed by atoms with Crippen molar-refractivity contribution in [2.75, 3.05) is 11.9 Å². The molecule has 29 heavy (non-hydrogen) atoms. The summed E-state index contributed by atoms with van der Waals surface area (Å²) >= 11 is 5.97. The maximum Gasteiger partial charge on any atom is 0.227 e.